The first kappa shape index (κ1) is 13.0. The number of hydrogen-bond donors (Lipinski definition) is 3. The van der Waals surface area contributed by atoms with Crippen LogP contribution in [-0.4, -0.2) is 23.6 Å². The van der Waals surface area contributed by atoms with Gasteiger partial charge in [0, 0.05) is 29.7 Å². The zero-order chi connectivity index (χ0) is 13.8. The molecule has 3 N–H and O–H groups in total. The van der Waals surface area contributed by atoms with E-state index in [-0.39, 0.29) is 6.03 Å². The molecule has 2 aromatic rings. The average molecular weight is 271 g/mol. The lowest BCUT2D eigenvalue weighted by Crippen LogP contribution is -2.41. The molecule has 0 saturated heterocycles. The number of aromatic nitrogens is 1. The average Bonchev–Trinajstić information content (AvgIpc) is 3.09. The molecular weight excluding hydrogens is 250 g/mol. The maximum Gasteiger partial charge on any atom is 0.315 e. The number of H-pyrrole nitrogens is 1. The fourth-order valence-corrected chi connectivity index (χ4v) is 2.96. The number of rotatable bonds is 4. The monoisotopic (exact) mass is 271 g/mol. The van der Waals surface area contributed by atoms with Gasteiger partial charge in [-0.25, -0.2) is 4.79 Å². The quantitative estimate of drug-likeness (QED) is 0.786. The number of carbonyl (C=O) groups excluding carboxylic acids is 1. The van der Waals surface area contributed by atoms with Crippen LogP contribution in [0.25, 0.3) is 10.9 Å². The molecule has 1 aliphatic rings. The number of para-hydroxylation sites is 1. The van der Waals surface area contributed by atoms with E-state index in [4.69, 9.17) is 0 Å². The lowest BCUT2D eigenvalue weighted by atomic mass is 10.1. The largest absolute Gasteiger partial charge is 0.361 e. The number of hydrogen-bond acceptors (Lipinski definition) is 1. The predicted octanol–water partition coefficient (Wildman–Crippen LogP) is 2.95. The van der Waals surface area contributed by atoms with Crippen molar-refractivity contribution >= 4 is 16.9 Å². The van der Waals surface area contributed by atoms with Gasteiger partial charge in [-0.1, -0.05) is 31.0 Å². The van der Waals surface area contributed by atoms with Gasteiger partial charge in [-0.2, -0.15) is 0 Å². The summed E-state index contributed by atoms with van der Waals surface area (Å²) in [5.74, 6) is 0. The van der Waals surface area contributed by atoms with E-state index in [1.165, 1.54) is 23.8 Å². The van der Waals surface area contributed by atoms with Gasteiger partial charge in [-0.15, -0.1) is 0 Å². The van der Waals surface area contributed by atoms with Crippen LogP contribution in [0.2, 0.25) is 0 Å². The third-order valence-electron chi connectivity index (χ3n) is 4.05. The van der Waals surface area contributed by atoms with Gasteiger partial charge in [0.25, 0.3) is 0 Å². The van der Waals surface area contributed by atoms with E-state index in [1.807, 2.05) is 18.3 Å². The van der Waals surface area contributed by atoms with Crippen LogP contribution in [-0.2, 0) is 6.42 Å². The Balaban J connectivity index is 1.48. The minimum Gasteiger partial charge on any atom is -0.361 e. The summed E-state index contributed by atoms with van der Waals surface area (Å²) in [6.45, 7) is 0.667. The summed E-state index contributed by atoms with van der Waals surface area (Å²) >= 11 is 0. The summed E-state index contributed by atoms with van der Waals surface area (Å²) in [4.78, 5) is 15.0. The molecule has 20 heavy (non-hydrogen) atoms. The molecular formula is C16H21N3O. The molecule has 0 atom stereocenters. The van der Waals surface area contributed by atoms with Crippen molar-refractivity contribution in [1.29, 1.82) is 0 Å². The second-order valence-corrected chi connectivity index (χ2v) is 5.49. The normalized spacial score (nSPS) is 15.6. The molecule has 0 bridgehead atoms. The minimum absolute atomic E-state index is 0.0308. The van der Waals surface area contributed by atoms with Crippen molar-refractivity contribution in [3.05, 3.63) is 36.0 Å². The molecule has 0 spiro atoms. The summed E-state index contributed by atoms with van der Waals surface area (Å²) in [6, 6.07) is 8.59. The number of benzene rings is 1. The van der Waals surface area contributed by atoms with Gasteiger partial charge in [0.2, 0.25) is 0 Å². The summed E-state index contributed by atoms with van der Waals surface area (Å²) in [6.07, 6.45) is 7.59. The standard InChI is InChI=1S/C16H21N3O/c20-16(19-13-5-1-2-6-13)17-10-9-12-11-18-15-8-4-3-7-14(12)15/h3-4,7-8,11,13,18H,1-2,5-6,9-10H2,(H2,17,19,20). The molecule has 1 aliphatic carbocycles. The predicted molar refractivity (Wildman–Crippen MR) is 80.8 cm³/mol. The first-order valence-corrected chi connectivity index (χ1v) is 7.42. The van der Waals surface area contributed by atoms with Crippen LogP contribution in [0.3, 0.4) is 0 Å². The fraction of sp³-hybridized carbons (Fsp3) is 0.438. The molecule has 1 aromatic carbocycles. The van der Waals surface area contributed by atoms with Gasteiger partial charge < -0.3 is 15.6 Å². The van der Waals surface area contributed by atoms with Crippen LogP contribution >= 0.6 is 0 Å². The second kappa shape index (κ2) is 5.99. The van der Waals surface area contributed by atoms with Gasteiger partial charge in [-0.3, -0.25) is 0 Å². The Kier molecular flexibility index (Phi) is 3.90. The van der Waals surface area contributed by atoms with E-state index in [0.717, 1.165) is 24.8 Å². The Morgan fingerprint density at radius 1 is 1.25 bits per heavy atom. The maximum atomic E-state index is 11.8. The van der Waals surface area contributed by atoms with Crippen molar-refractivity contribution < 1.29 is 4.79 Å². The molecule has 1 saturated carbocycles. The number of fused-ring (bicyclic) bond motifs is 1. The molecule has 1 fully saturated rings. The van der Waals surface area contributed by atoms with Crippen molar-refractivity contribution in [2.24, 2.45) is 0 Å². The highest BCUT2D eigenvalue weighted by Crippen LogP contribution is 2.18. The Hall–Kier alpha value is -1.97. The first-order valence-electron chi connectivity index (χ1n) is 7.42. The van der Waals surface area contributed by atoms with Gasteiger partial charge >= 0.3 is 6.03 Å². The van der Waals surface area contributed by atoms with Crippen LogP contribution in [0.1, 0.15) is 31.2 Å². The van der Waals surface area contributed by atoms with Crippen molar-refractivity contribution in [2.45, 2.75) is 38.1 Å². The number of amides is 2. The SMILES string of the molecule is O=C(NCCc1c[nH]c2ccccc12)NC1CCCC1. The fourth-order valence-electron chi connectivity index (χ4n) is 2.96. The Morgan fingerprint density at radius 3 is 2.90 bits per heavy atom. The topological polar surface area (TPSA) is 56.9 Å². The van der Waals surface area contributed by atoms with Crippen molar-refractivity contribution in [2.75, 3.05) is 6.54 Å². The maximum absolute atomic E-state index is 11.8. The third kappa shape index (κ3) is 2.95. The van der Waals surface area contributed by atoms with Gasteiger partial charge in [0.1, 0.15) is 0 Å². The lowest BCUT2D eigenvalue weighted by molar-refractivity contribution is 0.237. The molecule has 0 aliphatic heterocycles. The Bertz CT molecular complexity index is 584. The van der Waals surface area contributed by atoms with E-state index in [0.29, 0.717) is 12.6 Å². The van der Waals surface area contributed by atoms with Crippen molar-refractivity contribution in [3.8, 4) is 0 Å². The van der Waals surface area contributed by atoms with Crippen LogP contribution in [0.4, 0.5) is 4.79 Å². The first-order chi connectivity index (χ1) is 9.83. The Labute approximate surface area is 118 Å². The molecule has 2 amide bonds. The number of aromatic amines is 1. The number of urea groups is 1. The van der Waals surface area contributed by atoms with Crippen molar-refractivity contribution in [1.82, 2.24) is 15.6 Å². The highest BCUT2D eigenvalue weighted by molar-refractivity contribution is 5.83. The van der Waals surface area contributed by atoms with Gasteiger partial charge in [0.05, 0.1) is 0 Å². The van der Waals surface area contributed by atoms with E-state index in [1.54, 1.807) is 0 Å². The molecule has 1 heterocycles. The molecule has 106 valence electrons. The van der Waals surface area contributed by atoms with Gasteiger partial charge in [0.15, 0.2) is 0 Å². The molecule has 4 heteroatoms. The summed E-state index contributed by atoms with van der Waals surface area (Å²) in [5, 5.41) is 7.23. The zero-order valence-electron chi connectivity index (χ0n) is 11.6. The summed E-state index contributed by atoms with van der Waals surface area (Å²) in [7, 11) is 0. The van der Waals surface area contributed by atoms with E-state index in [9.17, 15) is 4.79 Å². The van der Waals surface area contributed by atoms with Crippen molar-refractivity contribution in [3.63, 3.8) is 0 Å². The smallest absolute Gasteiger partial charge is 0.315 e. The molecule has 4 nitrogen and oxygen atoms in total. The Morgan fingerprint density at radius 2 is 2.05 bits per heavy atom. The third-order valence-corrected chi connectivity index (χ3v) is 4.05. The molecule has 0 radical (unpaired) electrons. The van der Waals surface area contributed by atoms with Gasteiger partial charge in [-0.05, 0) is 30.9 Å². The molecule has 0 unspecified atom stereocenters. The minimum atomic E-state index is -0.0308. The number of carbonyl (C=O) groups is 1. The van der Waals surface area contributed by atoms with Crippen LogP contribution in [0.5, 0.6) is 0 Å². The highest BCUT2D eigenvalue weighted by Gasteiger charge is 2.16. The van der Waals surface area contributed by atoms with E-state index < -0.39 is 0 Å². The van der Waals surface area contributed by atoms with Crippen LogP contribution in [0, 0.1) is 0 Å². The zero-order valence-corrected chi connectivity index (χ0v) is 11.6. The second-order valence-electron chi connectivity index (χ2n) is 5.49. The summed E-state index contributed by atoms with van der Waals surface area (Å²) < 4.78 is 0. The summed E-state index contributed by atoms with van der Waals surface area (Å²) in [5.41, 5.74) is 2.40. The molecule has 1 aromatic heterocycles. The van der Waals surface area contributed by atoms with E-state index >= 15 is 0 Å². The highest BCUT2D eigenvalue weighted by atomic mass is 16.2. The number of nitrogens with one attached hydrogen (secondary N) is 3. The van der Waals surface area contributed by atoms with Crippen LogP contribution < -0.4 is 10.6 Å². The lowest BCUT2D eigenvalue weighted by Gasteiger charge is -2.12. The van der Waals surface area contributed by atoms with E-state index in [2.05, 4.69) is 27.8 Å². The van der Waals surface area contributed by atoms with Crippen LogP contribution in [0.15, 0.2) is 30.5 Å². The molecule has 3 rings (SSSR count).